The zero-order chi connectivity index (χ0) is 13.0. The summed E-state index contributed by atoms with van der Waals surface area (Å²) in [6.45, 7) is 3.38. The minimum absolute atomic E-state index is 0.0210. The van der Waals surface area contributed by atoms with Gasteiger partial charge >= 0.3 is 5.97 Å². The van der Waals surface area contributed by atoms with Gasteiger partial charge in [0, 0.05) is 6.04 Å². The number of hydrogen-bond acceptors (Lipinski definition) is 3. The van der Waals surface area contributed by atoms with Gasteiger partial charge in [-0.1, -0.05) is 19.8 Å². The highest BCUT2D eigenvalue weighted by molar-refractivity contribution is 5.75. The Bertz CT molecular complexity index is 272. The lowest BCUT2D eigenvalue weighted by Gasteiger charge is -2.42. The quantitative estimate of drug-likeness (QED) is 0.724. The lowest BCUT2D eigenvalue weighted by atomic mass is 9.82. The highest BCUT2D eigenvalue weighted by atomic mass is 16.5. The number of nitrogens with zero attached hydrogens (tertiary/aromatic N) is 1. The Balaban J connectivity index is 1.95. The summed E-state index contributed by atoms with van der Waals surface area (Å²) in [5.41, 5.74) is 0. The summed E-state index contributed by atoms with van der Waals surface area (Å²) in [6.07, 6.45) is 9.92. The minimum Gasteiger partial charge on any atom is -0.468 e. The van der Waals surface area contributed by atoms with E-state index in [-0.39, 0.29) is 12.0 Å². The van der Waals surface area contributed by atoms with Gasteiger partial charge in [0.1, 0.15) is 6.04 Å². The van der Waals surface area contributed by atoms with Crippen LogP contribution in [0.15, 0.2) is 0 Å². The Morgan fingerprint density at radius 3 is 2.50 bits per heavy atom. The van der Waals surface area contributed by atoms with Crippen LogP contribution in [-0.4, -0.2) is 36.6 Å². The van der Waals surface area contributed by atoms with Crippen molar-refractivity contribution in [3.63, 3.8) is 0 Å². The third-order valence-electron chi connectivity index (χ3n) is 4.88. The predicted octanol–water partition coefficient (Wildman–Crippen LogP) is 2.98. The molecule has 0 aromatic heterocycles. The fourth-order valence-corrected chi connectivity index (χ4v) is 3.66. The molecule has 0 aromatic carbocycles. The summed E-state index contributed by atoms with van der Waals surface area (Å²) in [5.74, 6) is 0.898. The molecule has 0 radical (unpaired) electrons. The lowest BCUT2D eigenvalue weighted by Crippen LogP contribution is -2.51. The normalized spacial score (nSPS) is 34.2. The van der Waals surface area contributed by atoms with E-state index in [1.807, 2.05) is 0 Å². The summed E-state index contributed by atoms with van der Waals surface area (Å²) in [4.78, 5) is 14.3. The maximum Gasteiger partial charge on any atom is 0.323 e. The first-order valence-electron chi connectivity index (χ1n) is 7.59. The molecule has 2 fully saturated rings. The van der Waals surface area contributed by atoms with Crippen molar-refractivity contribution in [1.82, 2.24) is 4.90 Å². The van der Waals surface area contributed by atoms with Crippen LogP contribution >= 0.6 is 0 Å². The molecule has 0 amide bonds. The van der Waals surface area contributed by atoms with Gasteiger partial charge in [-0.15, -0.1) is 0 Å². The summed E-state index contributed by atoms with van der Waals surface area (Å²) in [5, 5.41) is 0. The van der Waals surface area contributed by atoms with Gasteiger partial charge in [0.25, 0.3) is 0 Å². The van der Waals surface area contributed by atoms with Crippen LogP contribution < -0.4 is 0 Å². The zero-order valence-electron chi connectivity index (χ0n) is 11.9. The molecule has 1 heterocycles. The van der Waals surface area contributed by atoms with E-state index in [1.54, 1.807) is 0 Å². The van der Waals surface area contributed by atoms with Crippen molar-refractivity contribution in [2.24, 2.45) is 5.92 Å². The van der Waals surface area contributed by atoms with E-state index in [2.05, 4.69) is 11.8 Å². The molecular weight excluding hydrogens is 226 g/mol. The fourth-order valence-electron chi connectivity index (χ4n) is 3.66. The standard InChI is InChI=1S/C15H27NO2/c1-3-12-7-9-13(10-8-12)16-11-5-4-6-14(16)15(17)18-2/h12-14H,3-11H2,1-2H3/t12?,13?,14-/m1/s1. The topological polar surface area (TPSA) is 29.5 Å². The van der Waals surface area contributed by atoms with E-state index in [0.29, 0.717) is 6.04 Å². The SMILES string of the molecule is CCC1CCC(N2CCCC[C@@H]2C(=O)OC)CC1. The number of hydrogen-bond donors (Lipinski definition) is 0. The maximum atomic E-state index is 11.9. The van der Waals surface area contributed by atoms with Gasteiger partial charge in [-0.25, -0.2) is 0 Å². The summed E-state index contributed by atoms with van der Waals surface area (Å²) in [7, 11) is 1.52. The Morgan fingerprint density at radius 1 is 1.17 bits per heavy atom. The van der Waals surface area contributed by atoms with E-state index in [9.17, 15) is 4.79 Å². The minimum atomic E-state index is -0.0210. The van der Waals surface area contributed by atoms with Gasteiger partial charge in [-0.3, -0.25) is 9.69 Å². The number of carbonyl (C=O) groups excluding carboxylic acids is 1. The van der Waals surface area contributed by atoms with Crippen molar-refractivity contribution in [2.45, 2.75) is 70.4 Å². The average molecular weight is 253 g/mol. The van der Waals surface area contributed by atoms with E-state index in [0.717, 1.165) is 18.9 Å². The van der Waals surface area contributed by atoms with Gasteiger partial charge in [0.2, 0.25) is 0 Å². The highest BCUT2D eigenvalue weighted by Crippen LogP contribution is 2.32. The number of ether oxygens (including phenoxy) is 1. The number of methoxy groups -OCH3 is 1. The third kappa shape index (κ3) is 3.05. The van der Waals surface area contributed by atoms with Crippen LogP contribution in [0.25, 0.3) is 0 Å². The van der Waals surface area contributed by atoms with Crippen LogP contribution in [-0.2, 0) is 9.53 Å². The first-order valence-corrected chi connectivity index (χ1v) is 7.59. The maximum absolute atomic E-state index is 11.9. The molecule has 1 saturated carbocycles. The third-order valence-corrected chi connectivity index (χ3v) is 4.88. The highest BCUT2D eigenvalue weighted by Gasteiger charge is 2.35. The molecule has 0 bridgehead atoms. The monoisotopic (exact) mass is 253 g/mol. The largest absolute Gasteiger partial charge is 0.468 e. The second kappa shape index (κ2) is 6.55. The van der Waals surface area contributed by atoms with Gasteiger partial charge in [0.15, 0.2) is 0 Å². The molecule has 104 valence electrons. The summed E-state index contributed by atoms with van der Waals surface area (Å²) >= 11 is 0. The molecule has 3 heteroatoms. The molecule has 0 spiro atoms. The van der Waals surface area contributed by atoms with Crippen LogP contribution in [0.3, 0.4) is 0 Å². The number of esters is 1. The first kappa shape index (κ1) is 13.9. The van der Waals surface area contributed by atoms with Crippen molar-refractivity contribution < 1.29 is 9.53 Å². The van der Waals surface area contributed by atoms with Crippen LogP contribution in [0, 0.1) is 5.92 Å². The summed E-state index contributed by atoms with van der Waals surface area (Å²) in [6, 6.07) is 0.657. The zero-order valence-corrected chi connectivity index (χ0v) is 11.9. The first-order chi connectivity index (χ1) is 8.76. The molecule has 2 aliphatic rings. The average Bonchev–Trinajstić information content (AvgIpc) is 2.46. The second-order valence-corrected chi connectivity index (χ2v) is 5.86. The Labute approximate surface area is 111 Å². The molecule has 18 heavy (non-hydrogen) atoms. The van der Waals surface area contributed by atoms with Crippen LogP contribution in [0.4, 0.5) is 0 Å². The fraction of sp³-hybridized carbons (Fsp3) is 0.933. The molecule has 1 atom stereocenters. The van der Waals surface area contributed by atoms with Crippen molar-refractivity contribution in [3.8, 4) is 0 Å². The molecule has 1 saturated heterocycles. The lowest BCUT2D eigenvalue weighted by molar-refractivity contribution is -0.150. The molecule has 1 aliphatic carbocycles. The number of piperidine rings is 1. The second-order valence-electron chi connectivity index (χ2n) is 5.86. The van der Waals surface area contributed by atoms with Gasteiger partial charge in [-0.2, -0.15) is 0 Å². The van der Waals surface area contributed by atoms with Crippen molar-refractivity contribution in [3.05, 3.63) is 0 Å². The van der Waals surface area contributed by atoms with Gasteiger partial charge < -0.3 is 4.74 Å². The number of carbonyl (C=O) groups is 1. The van der Waals surface area contributed by atoms with E-state index < -0.39 is 0 Å². The van der Waals surface area contributed by atoms with Crippen molar-refractivity contribution in [1.29, 1.82) is 0 Å². The van der Waals surface area contributed by atoms with Gasteiger partial charge in [-0.05, 0) is 51.0 Å². The van der Waals surface area contributed by atoms with E-state index in [1.165, 1.54) is 52.1 Å². The molecular formula is C15H27NO2. The van der Waals surface area contributed by atoms with Crippen LogP contribution in [0.5, 0.6) is 0 Å². The Hall–Kier alpha value is -0.570. The predicted molar refractivity (Wildman–Crippen MR) is 72.4 cm³/mol. The van der Waals surface area contributed by atoms with E-state index in [4.69, 9.17) is 4.74 Å². The van der Waals surface area contributed by atoms with Crippen LogP contribution in [0.2, 0.25) is 0 Å². The molecule has 0 unspecified atom stereocenters. The van der Waals surface area contributed by atoms with Crippen LogP contribution in [0.1, 0.15) is 58.3 Å². The molecule has 1 aliphatic heterocycles. The number of likely N-dealkylation sites (tertiary alicyclic amines) is 1. The molecule has 0 N–H and O–H groups in total. The van der Waals surface area contributed by atoms with Crippen molar-refractivity contribution >= 4 is 5.97 Å². The Morgan fingerprint density at radius 2 is 1.89 bits per heavy atom. The van der Waals surface area contributed by atoms with Gasteiger partial charge in [0.05, 0.1) is 7.11 Å². The summed E-state index contributed by atoms with van der Waals surface area (Å²) < 4.78 is 4.97. The van der Waals surface area contributed by atoms with Crippen molar-refractivity contribution in [2.75, 3.05) is 13.7 Å². The number of rotatable bonds is 3. The Kier molecular flexibility index (Phi) is 5.04. The van der Waals surface area contributed by atoms with E-state index >= 15 is 0 Å². The molecule has 2 rings (SSSR count). The molecule has 0 aromatic rings. The molecule has 3 nitrogen and oxygen atoms in total. The smallest absolute Gasteiger partial charge is 0.323 e.